The van der Waals surface area contributed by atoms with Crippen LogP contribution >= 0.6 is 0 Å². The number of nitrogens with zero attached hydrogens (tertiary/aromatic N) is 2. The van der Waals surface area contributed by atoms with E-state index in [0.717, 1.165) is 12.6 Å². The van der Waals surface area contributed by atoms with E-state index in [-0.39, 0.29) is 0 Å². The first-order valence-electron chi connectivity index (χ1n) is 7.83. The number of likely N-dealkylation sites (tertiary alicyclic amines) is 2. The fourth-order valence-corrected chi connectivity index (χ4v) is 3.40. The Kier molecular flexibility index (Phi) is 5.05. The summed E-state index contributed by atoms with van der Waals surface area (Å²) in [6, 6.07) is 0.823. The Balaban J connectivity index is 1.80. The van der Waals surface area contributed by atoms with E-state index >= 15 is 0 Å². The Morgan fingerprint density at radius 3 is 2.50 bits per heavy atom. The van der Waals surface area contributed by atoms with E-state index in [1.165, 1.54) is 64.8 Å². The molecule has 0 saturated carbocycles. The Morgan fingerprint density at radius 2 is 1.89 bits per heavy atom. The molecule has 0 amide bonds. The van der Waals surface area contributed by atoms with Crippen LogP contribution in [0.25, 0.3) is 0 Å². The zero-order chi connectivity index (χ0) is 13.0. The summed E-state index contributed by atoms with van der Waals surface area (Å²) in [5.41, 5.74) is 6.25. The molecule has 2 rings (SSSR count). The summed E-state index contributed by atoms with van der Waals surface area (Å²) in [5.74, 6) is 0. The molecule has 2 fully saturated rings. The number of piperidine rings is 1. The van der Waals surface area contributed by atoms with Crippen molar-refractivity contribution in [2.45, 2.75) is 52.0 Å². The predicted molar refractivity (Wildman–Crippen MR) is 77.7 cm³/mol. The van der Waals surface area contributed by atoms with Crippen molar-refractivity contribution in [3.63, 3.8) is 0 Å². The minimum absolute atomic E-state index is 0.316. The lowest BCUT2D eigenvalue weighted by molar-refractivity contribution is 0.145. The molecule has 0 aliphatic carbocycles. The Bertz CT molecular complexity index is 244. The van der Waals surface area contributed by atoms with E-state index in [0.29, 0.717) is 5.41 Å². The monoisotopic (exact) mass is 253 g/mol. The van der Waals surface area contributed by atoms with Crippen molar-refractivity contribution >= 4 is 0 Å². The first-order valence-corrected chi connectivity index (χ1v) is 7.83. The standard InChI is InChI=1S/C15H31N3/c1-3-15(2,12-16)13-17-10-7-14(11-17)18-8-5-4-6-9-18/h14H,3-13,16H2,1-2H3. The predicted octanol–water partition coefficient (Wildman–Crippen LogP) is 1.92. The van der Waals surface area contributed by atoms with Crippen molar-refractivity contribution in [3.8, 4) is 0 Å². The smallest absolute Gasteiger partial charge is 0.0235 e. The van der Waals surface area contributed by atoms with Gasteiger partial charge in [0.25, 0.3) is 0 Å². The molecule has 2 N–H and O–H groups in total. The van der Waals surface area contributed by atoms with Gasteiger partial charge >= 0.3 is 0 Å². The van der Waals surface area contributed by atoms with Gasteiger partial charge in [-0.25, -0.2) is 0 Å². The van der Waals surface area contributed by atoms with Gasteiger partial charge in [-0.2, -0.15) is 0 Å². The fraction of sp³-hybridized carbons (Fsp3) is 1.00. The third-order valence-electron chi connectivity index (χ3n) is 5.11. The van der Waals surface area contributed by atoms with Crippen LogP contribution in [0, 0.1) is 5.41 Å². The summed E-state index contributed by atoms with van der Waals surface area (Å²) in [4.78, 5) is 5.38. The van der Waals surface area contributed by atoms with Crippen LogP contribution in [0.3, 0.4) is 0 Å². The molecule has 3 nitrogen and oxygen atoms in total. The van der Waals surface area contributed by atoms with Crippen LogP contribution in [0.1, 0.15) is 46.0 Å². The summed E-state index contributed by atoms with van der Waals surface area (Å²) in [5, 5.41) is 0. The van der Waals surface area contributed by atoms with Crippen LogP contribution in [-0.2, 0) is 0 Å². The van der Waals surface area contributed by atoms with Crippen molar-refractivity contribution in [3.05, 3.63) is 0 Å². The van der Waals surface area contributed by atoms with Crippen LogP contribution in [0.5, 0.6) is 0 Å². The summed E-state index contributed by atoms with van der Waals surface area (Å²) in [6.07, 6.45) is 6.81. The number of rotatable bonds is 5. The lowest BCUT2D eigenvalue weighted by Gasteiger charge is -2.34. The lowest BCUT2D eigenvalue weighted by Crippen LogP contribution is -2.43. The average molecular weight is 253 g/mol. The molecule has 2 aliphatic heterocycles. The van der Waals surface area contributed by atoms with Gasteiger partial charge in [0, 0.05) is 19.1 Å². The van der Waals surface area contributed by atoms with Crippen LogP contribution in [0.4, 0.5) is 0 Å². The Labute approximate surface area is 113 Å². The van der Waals surface area contributed by atoms with Gasteiger partial charge in [0.1, 0.15) is 0 Å². The van der Waals surface area contributed by atoms with Crippen LogP contribution in [0.2, 0.25) is 0 Å². The van der Waals surface area contributed by atoms with Gasteiger partial charge in [-0.3, -0.25) is 4.90 Å². The van der Waals surface area contributed by atoms with Gasteiger partial charge in [0.15, 0.2) is 0 Å². The van der Waals surface area contributed by atoms with Crippen molar-refractivity contribution in [2.75, 3.05) is 39.3 Å². The summed E-state index contributed by atoms with van der Waals surface area (Å²) < 4.78 is 0. The second kappa shape index (κ2) is 6.36. The highest BCUT2D eigenvalue weighted by Gasteiger charge is 2.32. The molecule has 2 heterocycles. The zero-order valence-electron chi connectivity index (χ0n) is 12.3. The van der Waals surface area contributed by atoms with E-state index in [9.17, 15) is 0 Å². The quantitative estimate of drug-likeness (QED) is 0.812. The molecule has 3 heteroatoms. The first kappa shape index (κ1) is 14.3. The van der Waals surface area contributed by atoms with Crippen molar-refractivity contribution in [1.29, 1.82) is 0 Å². The van der Waals surface area contributed by atoms with E-state index in [1.54, 1.807) is 0 Å². The Morgan fingerprint density at radius 1 is 1.17 bits per heavy atom. The maximum Gasteiger partial charge on any atom is 0.0235 e. The van der Waals surface area contributed by atoms with Gasteiger partial charge in [0.05, 0.1) is 0 Å². The third-order valence-corrected chi connectivity index (χ3v) is 5.11. The van der Waals surface area contributed by atoms with Crippen LogP contribution < -0.4 is 5.73 Å². The van der Waals surface area contributed by atoms with Crippen LogP contribution in [0.15, 0.2) is 0 Å². The van der Waals surface area contributed by atoms with Gasteiger partial charge < -0.3 is 10.6 Å². The molecule has 18 heavy (non-hydrogen) atoms. The maximum atomic E-state index is 5.94. The van der Waals surface area contributed by atoms with Crippen molar-refractivity contribution in [2.24, 2.45) is 11.1 Å². The molecule has 0 aromatic rings. The van der Waals surface area contributed by atoms with Crippen molar-refractivity contribution < 1.29 is 0 Å². The summed E-state index contributed by atoms with van der Waals surface area (Å²) >= 11 is 0. The number of hydrogen-bond acceptors (Lipinski definition) is 3. The Hall–Kier alpha value is -0.120. The summed E-state index contributed by atoms with van der Waals surface area (Å²) in [7, 11) is 0. The summed E-state index contributed by atoms with van der Waals surface area (Å²) in [6.45, 7) is 11.8. The highest BCUT2D eigenvalue weighted by atomic mass is 15.3. The van der Waals surface area contributed by atoms with Gasteiger partial charge in [-0.1, -0.05) is 20.3 Å². The molecule has 2 aliphatic rings. The molecular formula is C15H31N3. The molecule has 2 atom stereocenters. The molecule has 0 aromatic heterocycles. The molecule has 106 valence electrons. The topological polar surface area (TPSA) is 32.5 Å². The average Bonchev–Trinajstić information content (AvgIpc) is 2.88. The molecule has 0 bridgehead atoms. The SMILES string of the molecule is CCC(C)(CN)CN1CCC(N2CCCCC2)C1. The normalized spacial score (nSPS) is 30.5. The zero-order valence-corrected chi connectivity index (χ0v) is 12.3. The highest BCUT2D eigenvalue weighted by molar-refractivity contribution is 4.88. The first-order chi connectivity index (χ1) is 8.67. The third kappa shape index (κ3) is 3.46. The van der Waals surface area contributed by atoms with E-state index in [4.69, 9.17) is 5.73 Å². The second-order valence-electron chi connectivity index (χ2n) is 6.64. The van der Waals surface area contributed by atoms with E-state index in [2.05, 4.69) is 23.6 Å². The molecule has 0 spiro atoms. The molecular weight excluding hydrogens is 222 g/mol. The molecule has 2 unspecified atom stereocenters. The van der Waals surface area contributed by atoms with Crippen molar-refractivity contribution in [1.82, 2.24) is 9.80 Å². The molecule has 2 saturated heterocycles. The van der Waals surface area contributed by atoms with Gasteiger partial charge in [0.2, 0.25) is 0 Å². The lowest BCUT2D eigenvalue weighted by atomic mass is 9.87. The molecule has 0 radical (unpaired) electrons. The second-order valence-corrected chi connectivity index (χ2v) is 6.64. The van der Waals surface area contributed by atoms with E-state index < -0.39 is 0 Å². The largest absolute Gasteiger partial charge is 0.330 e. The van der Waals surface area contributed by atoms with E-state index in [1.807, 2.05) is 0 Å². The minimum atomic E-state index is 0.316. The number of hydrogen-bond donors (Lipinski definition) is 1. The van der Waals surface area contributed by atoms with Gasteiger partial charge in [-0.05, 0) is 57.3 Å². The maximum absolute atomic E-state index is 5.94. The molecule has 0 aromatic carbocycles. The van der Waals surface area contributed by atoms with Gasteiger partial charge in [-0.15, -0.1) is 0 Å². The van der Waals surface area contributed by atoms with Crippen LogP contribution in [-0.4, -0.2) is 55.1 Å². The number of nitrogens with two attached hydrogens (primary N) is 1. The fourth-order valence-electron chi connectivity index (χ4n) is 3.40. The minimum Gasteiger partial charge on any atom is -0.330 e. The highest BCUT2D eigenvalue weighted by Crippen LogP contribution is 2.26.